The number of rotatable bonds is 6. The van der Waals surface area contributed by atoms with E-state index in [9.17, 15) is 14.9 Å². The minimum atomic E-state index is -0.575. The third kappa shape index (κ3) is 3.06. The number of ketones is 1. The van der Waals surface area contributed by atoms with E-state index in [1.807, 2.05) is 0 Å². The number of carbonyl (C=O) groups is 1. The predicted molar refractivity (Wildman–Crippen MR) is 65.5 cm³/mol. The molecule has 100 valence electrons. The molecule has 1 unspecified atom stereocenters. The zero-order chi connectivity index (χ0) is 13.8. The van der Waals surface area contributed by atoms with Crippen molar-refractivity contribution >= 4 is 5.78 Å². The summed E-state index contributed by atoms with van der Waals surface area (Å²) in [6, 6.07) is 3.29. The van der Waals surface area contributed by atoms with Crippen LogP contribution in [0, 0.1) is 10.1 Å². The van der Waals surface area contributed by atoms with Crippen LogP contribution < -0.4 is 0 Å². The second-order valence-corrected chi connectivity index (χ2v) is 4.22. The van der Waals surface area contributed by atoms with Crippen molar-refractivity contribution in [3.8, 4) is 0 Å². The predicted octanol–water partition coefficient (Wildman–Crippen LogP) is 1.65. The zero-order valence-corrected chi connectivity index (χ0v) is 10.4. The van der Waals surface area contributed by atoms with Crippen LogP contribution in [-0.4, -0.2) is 26.8 Å². The maximum absolute atomic E-state index is 12.1. The smallest absolute Gasteiger partial charge is 0.214 e. The van der Waals surface area contributed by atoms with Crippen molar-refractivity contribution in [2.45, 2.75) is 12.3 Å². The molecule has 0 saturated carbocycles. The highest BCUT2D eigenvalue weighted by atomic mass is 16.6. The maximum Gasteiger partial charge on any atom is 0.214 e. The van der Waals surface area contributed by atoms with Gasteiger partial charge in [0.25, 0.3) is 0 Å². The average molecular weight is 263 g/mol. The summed E-state index contributed by atoms with van der Waals surface area (Å²) in [4.78, 5) is 26.2. The Morgan fingerprint density at radius 1 is 1.63 bits per heavy atom. The van der Waals surface area contributed by atoms with E-state index in [1.165, 1.54) is 12.5 Å². The highest BCUT2D eigenvalue weighted by Crippen LogP contribution is 2.22. The Kier molecular flexibility index (Phi) is 3.74. The van der Waals surface area contributed by atoms with Gasteiger partial charge in [-0.25, -0.2) is 4.98 Å². The average Bonchev–Trinajstić information content (AvgIpc) is 2.97. The lowest BCUT2D eigenvalue weighted by molar-refractivity contribution is -0.483. The van der Waals surface area contributed by atoms with E-state index in [0.717, 1.165) is 0 Å². The number of hydrogen-bond donors (Lipinski definition) is 0. The molecule has 2 aromatic rings. The summed E-state index contributed by atoms with van der Waals surface area (Å²) in [6.45, 7) is -0.344. The fourth-order valence-corrected chi connectivity index (χ4v) is 1.91. The molecule has 0 aliphatic carbocycles. The molecule has 7 nitrogen and oxygen atoms in total. The van der Waals surface area contributed by atoms with Crippen LogP contribution in [0.15, 0.2) is 35.2 Å². The van der Waals surface area contributed by atoms with Crippen LogP contribution in [0.5, 0.6) is 0 Å². The van der Waals surface area contributed by atoms with E-state index < -0.39 is 10.8 Å². The molecule has 0 aromatic carbocycles. The van der Waals surface area contributed by atoms with Gasteiger partial charge in [-0.05, 0) is 12.1 Å². The first-order valence-corrected chi connectivity index (χ1v) is 5.73. The number of Topliss-reactive ketones (excluding diaryl/α,β-unsaturated/α-hetero) is 1. The minimum Gasteiger partial charge on any atom is -0.469 e. The van der Waals surface area contributed by atoms with Crippen LogP contribution in [0.1, 0.15) is 28.7 Å². The lowest BCUT2D eigenvalue weighted by atomic mass is 9.99. The summed E-state index contributed by atoms with van der Waals surface area (Å²) in [5, 5.41) is 10.7. The van der Waals surface area contributed by atoms with Crippen molar-refractivity contribution in [1.29, 1.82) is 0 Å². The monoisotopic (exact) mass is 263 g/mol. The minimum absolute atomic E-state index is 0.000648. The molecule has 0 aliphatic rings. The Morgan fingerprint density at radius 3 is 2.95 bits per heavy atom. The Morgan fingerprint density at radius 2 is 2.42 bits per heavy atom. The van der Waals surface area contributed by atoms with Crippen LogP contribution in [-0.2, 0) is 7.05 Å². The maximum atomic E-state index is 12.1. The Bertz CT molecular complexity index is 574. The Balaban J connectivity index is 2.15. The Hall–Kier alpha value is -2.44. The number of hydrogen-bond acceptors (Lipinski definition) is 5. The molecule has 0 radical (unpaired) electrons. The quantitative estimate of drug-likeness (QED) is 0.449. The Labute approximate surface area is 109 Å². The molecule has 7 heteroatoms. The molecule has 0 aliphatic heterocycles. The van der Waals surface area contributed by atoms with E-state index in [2.05, 4.69) is 4.98 Å². The lowest BCUT2D eigenvalue weighted by Gasteiger charge is -2.09. The van der Waals surface area contributed by atoms with Crippen molar-refractivity contribution in [2.75, 3.05) is 6.54 Å². The molecule has 0 fully saturated rings. The van der Waals surface area contributed by atoms with Crippen molar-refractivity contribution in [3.63, 3.8) is 0 Å². The third-order valence-corrected chi connectivity index (χ3v) is 2.82. The number of imidazole rings is 1. The largest absolute Gasteiger partial charge is 0.469 e. The molecule has 19 heavy (non-hydrogen) atoms. The summed E-state index contributed by atoms with van der Waals surface area (Å²) >= 11 is 0. The molecule has 0 amide bonds. The van der Waals surface area contributed by atoms with Gasteiger partial charge in [0.2, 0.25) is 6.54 Å². The number of aryl methyl sites for hydroxylation is 1. The van der Waals surface area contributed by atoms with Crippen LogP contribution >= 0.6 is 0 Å². The van der Waals surface area contributed by atoms with Gasteiger partial charge in [0, 0.05) is 30.8 Å². The van der Waals surface area contributed by atoms with E-state index in [0.29, 0.717) is 11.6 Å². The van der Waals surface area contributed by atoms with E-state index >= 15 is 0 Å². The lowest BCUT2D eigenvalue weighted by Crippen LogP contribution is -2.18. The van der Waals surface area contributed by atoms with Crippen molar-refractivity contribution in [2.24, 2.45) is 7.05 Å². The van der Waals surface area contributed by atoms with Gasteiger partial charge < -0.3 is 8.98 Å². The van der Waals surface area contributed by atoms with Gasteiger partial charge in [-0.3, -0.25) is 14.9 Å². The summed E-state index contributed by atoms with van der Waals surface area (Å²) < 4.78 is 6.75. The standard InChI is InChI=1S/C12H13N3O4/c1-14-5-4-13-12(14)10(16)7-9(8-15(17)18)11-3-2-6-19-11/h2-6,9H,7-8H2,1H3. The fraction of sp³-hybridized carbons (Fsp3) is 0.333. The van der Waals surface area contributed by atoms with E-state index in [-0.39, 0.29) is 18.7 Å². The van der Waals surface area contributed by atoms with Gasteiger partial charge in [-0.1, -0.05) is 0 Å². The van der Waals surface area contributed by atoms with Crippen LogP contribution in [0.3, 0.4) is 0 Å². The summed E-state index contributed by atoms with van der Waals surface area (Å²) in [7, 11) is 1.70. The number of aromatic nitrogens is 2. The molecular weight excluding hydrogens is 250 g/mol. The zero-order valence-electron chi connectivity index (χ0n) is 10.4. The van der Waals surface area contributed by atoms with E-state index in [4.69, 9.17) is 4.42 Å². The molecule has 1 atom stereocenters. The topological polar surface area (TPSA) is 91.2 Å². The van der Waals surface area contributed by atoms with Gasteiger partial charge in [-0.2, -0.15) is 0 Å². The normalized spacial score (nSPS) is 12.3. The molecule has 0 bridgehead atoms. The van der Waals surface area contributed by atoms with Gasteiger partial charge in [0.05, 0.1) is 12.2 Å². The highest BCUT2D eigenvalue weighted by molar-refractivity contribution is 5.93. The van der Waals surface area contributed by atoms with Gasteiger partial charge in [0.1, 0.15) is 5.76 Å². The molecule has 2 rings (SSSR count). The van der Waals surface area contributed by atoms with Crippen LogP contribution in [0.4, 0.5) is 0 Å². The SMILES string of the molecule is Cn1ccnc1C(=O)CC(C[N+](=O)[O-])c1ccco1. The van der Waals surface area contributed by atoms with Crippen molar-refractivity contribution in [3.05, 3.63) is 52.5 Å². The van der Waals surface area contributed by atoms with Crippen molar-refractivity contribution in [1.82, 2.24) is 9.55 Å². The molecule has 2 aromatic heterocycles. The number of furan rings is 1. The van der Waals surface area contributed by atoms with Gasteiger partial charge >= 0.3 is 0 Å². The second-order valence-electron chi connectivity index (χ2n) is 4.22. The molecule has 0 saturated heterocycles. The summed E-state index contributed by atoms with van der Waals surface area (Å²) in [5.74, 6) is -0.0795. The summed E-state index contributed by atoms with van der Waals surface area (Å²) in [5.41, 5.74) is 0. The third-order valence-electron chi connectivity index (χ3n) is 2.82. The highest BCUT2D eigenvalue weighted by Gasteiger charge is 2.25. The first-order valence-electron chi connectivity index (χ1n) is 5.73. The number of carbonyl (C=O) groups excluding carboxylic acids is 1. The molecule has 0 N–H and O–H groups in total. The van der Waals surface area contributed by atoms with Gasteiger partial charge in [-0.15, -0.1) is 0 Å². The first kappa shape index (κ1) is 13.0. The van der Waals surface area contributed by atoms with Crippen LogP contribution in [0.2, 0.25) is 0 Å². The number of nitro groups is 1. The molecule has 0 spiro atoms. The summed E-state index contributed by atoms with van der Waals surface area (Å²) in [6.07, 6.45) is 4.61. The first-order chi connectivity index (χ1) is 9.08. The molecular formula is C12H13N3O4. The number of nitrogens with zero attached hydrogens (tertiary/aromatic N) is 3. The van der Waals surface area contributed by atoms with Crippen LogP contribution in [0.25, 0.3) is 0 Å². The van der Waals surface area contributed by atoms with E-state index in [1.54, 1.807) is 29.9 Å². The molecule has 2 heterocycles. The van der Waals surface area contributed by atoms with Gasteiger partial charge in [0.15, 0.2) is 11.6 Å². The van der Waals surface area contributed by atoms with Crippen molar-refractivity contribution < 1.29 is 14.1 Å². The fourth-order valence-electron chi connectivity index (χ4n) is 1.91. The second kappa shape index (κ2) is 5.47.